The summed E-state index contributed by atoms with van der Waals surface area (Å²) in [4.78, 5) is 23.7. The highest BCUT2D eigenvalue weighted by Crippen LogP contribution is 2.19. The Bertz CT molecular complexity index is 745. The van der Waals surface area contributed by atoms with E-state index < -0.39 is 11.1 Å². The minimum absolute atomic E-state index is 0.347. The molecule has 32 heavy (non-hydrogen) atoms. The second kappa shape index (κ2) is 11.4. The summed E-state index contributed by atoms with van der Waals surface area (Å²) in [5.74, 6) is 1.80. The number of amides is 1. The number of pyridine rings is 1. The number of aromatic nitrogens is 1. The zero-order valence-corrected chi connectivity index (χ0v) is 20.9. The van der Waals surface area contributed by atoms with Crippen molar-refractivity contribution in [1.82, 2.24) is 20.9 Å². The fourth-order valence-corrected chi connectivity index (χ4v) is 3.78. The first kappa shape index (κ1) is 25.7. The van der Waals surface area contributed by atoms with E-state index in [1.54, 1.807) is 7.05 Å². The third-order valence-electron chi connectivity index (χ3n) is 5.99. The number of guanidine groups is 1. The van der Waals surface area contributed by atoms with Crippen LogP contribution in [-0.4, -0.2) is 60.9 Å². The normalized spacial score (nSPS) is 16.0. The predicted molar refractivity (Wildman–Crippen MR) is 131 cm³/mol. The maximum Gasteiger partial charge on any atom is 0.408 e. The zero-order chi connectivity index (χ0) is 23.8. The number of hydrogen-bond donors (Lipinski definition) is 3. The first-order chi connectivity index (χ1) is 15.1. The van der Waals surface area contributed by atoms with Crippen LogP contribution in [0.2, 0.25) is 0 Å². The molecule has 1 aromatic heterocycles. The summed E-state index contributed by atoms with van der Waals surface area (Å²) in [5.41, 5.74) is 0.252. The Morgan fingerprint density at radius 3 is 2.38 bits per heavy atom. The summed E-state index contributed by atoms with van der Waals surface area (Å²) < 4.78 is 5.47. The third kappa shape index (κ3) is 7.88. The Balaban J connectivity index is 1.87. The highest BCUT2D eigenvalue weighted by atomic mass is 16.6. The van der Waals surface area contributed by atoms with Gasteiger partial charge in [-0.3, -0.25) is 4.99 Å². The van der Waals surface area contributed by atoms with Crippen molar-refractivity contribution < 1.29 is 9.53 Å². The molecule has 0 aromatic carbocycles. The van der Waals surface area contributed by atoms with Crippen molar-refractivity contribution in [3.05, 3.63) is 23.9 Å². The van der Waals surface area contributed by atoms with Crippen LogP contribution < -0.4 is 20.9 Å². The number of alkyl carbamates (subject to hydrolysis) is 1. The summed E-state index contributed by atoms with van der Waals surface area (Å²) in [5, 5.41) is 10.0. The van der Waals surface area contributed by atoms with E-state index in [9.17, 15) is 4.79 Å². The van der Waals surface area contributed by atoms with Crippen molar-refractivity contribution in [2.24, 2.45) is 4.99 Å². The topological polar surface area (TPSA) is 90.9 Å². The Labute approximate surface area is 193 Å². The molecule has 0 saturated carbocycles. The van der Waals surface area contributed by atoms with E-state index in [0.717, 1.165) is 50.6 Å². The predicted octanol–water partition coefficient (Wildman–Crippen LogP) is 3.61. The summed E-state index contributed by atoms with van der Waals surface area (Å²) in [6, 6.07) is 4.55. The number of rotatable bonds is 7. The summed E-state index contributed by atoms with van der Waals surface area (Å²) >= 11 is 0. The average molecular weight is 447 g/mol. The highest BCUT2D eigenvalue weighted by Gasteiger charge is 2.31. The molecule has 1 aromatic rings. The molecule has 180 valence electrons. The van der Waals surface area contributed by atoms with E-state index in [0.29, 0.717) is 12.6 Å². The molecule has 2 heterocycles. The summed E-state index contributed by atoms with van der Waals surface area (Å²) in [6.45, 7) is 14.3. The molecule has 0 atom stereocenters. The first-order valence-electron chi connectivity index (χ1n) is 11.8. The maximum atomic E-state index is 12.4. The first-order valence-corrected chi connectivity index (χ1v) is 11.8. The van der Waals surface area contributed by atoms with E-state index in [1.807, 2.05) is 27.0 Å². The van der Waals surface area contributed by atoms with Crippen LogP contribution >= 0.6 is 0 Å². The molecule has 1 aliphatic rings. The van der Waals surface area contributed by atoms with Crippen LogP contribution in [-0.2, 0) is 4.74 Å². The van der Waals surface area contributed by atoms with Gasteiger partial charge in [0.05, 0.1) is 5.54 Å². The number of piperidine rings is 1. The van der Waals surface area contributed by atoms with Gasteiger partial charge in [-0.15, -0.1) is 0 Å². The lowest BCUT2D eigenvalue weighted by molar-refractivity contribution is 0.0448. The van der Waals surface area contributed by atoms with Crippen LogP contribution in [0.15, 0.2) is 23.3 Å². The molecule has 3 N–H and O–H groups in total. The van der Waals surface area contributed by atoms with Gasteiger partial charge in [0.15, 0.2) is 5.96 Å². The van der Waals surface area contributed by atoms with Crippen LogP contribution in [0.25, 0.3) is 0 Å². The van der Waals surface area contributed by atoms with Crippen molar-refractivity contribution in [2.75, 3.05) is 31.6 Å². The van der Waals surface area contributed by atoms with Gasteiger partial charge in [0.25, 0.3) is 0 Å². The maximum absolute atomic E-state index is 12.4. The fraction of sp³-hybridized carbons (Fsp3) is 0.708. The zero-order valence-electron chi connectivity index (χ0n) is 20.9. The van der Waals surface area contributed by atoms with Crippen molar-refractivity contribution in [1.29, 1.82) is 0 Å². The molecule has 0 bridgehead atoms. The van der Waals surface area contributed by atoms with E-state index in [2.05, 4.69) is 63.7 Å². The van der Waals surface area contributed by atoms with Crippen LogP contribution in [0.1, 0.15) is 65.9 Å². The molecule has 1 fully saturated rings. The van der Waals surface area contributed by atoms with E-state index in [1.165, 1.54) is 5.56 Å². The Morgan fingerprint density at radius 2 is 1.88 bits per heavy atom. The van der Waals surface area contributed by atoms with Crippen molar-refractivity contribution >= 4 is 17.9 Å². The van der Waals surface area contributed by atoms with Crippen molar-refractivity contribution in [2.45, 2.75) is 84.4 Å². The standard InChI is InChI=1S/C24H42N6O2/c1-8-24(9-2,29-22(31)32-23(4,5)6)17-27-21(25-7)28-19-12-14-30(15-13-19)20-11-10-18(3)16-26-20/h10-11,16,19H,8-9,12-15,17H2,1-7H3,(H,29,31)(H2,25,27,28). The molecule has 0 spiro atoms. The van der Waals surface area contributed by atoms with Gasteiger partial charge in [-0.2, -0.15) is 0 Å². The molecule has 0 radical (unpaired) electrons. The molecule has 8 nitrogen and oxygen atoms in total. The molecular formula is C24H42N6O2. The van der Waals surface area contributed by atoms with E-state index in [4.69, 9.17) is 4.74 Å². The molecule has 0 aliphatic carbocycles. The van der Waals surface area contributed by atoms with Gasteiger partial charge in [-0.05, 0) is 65.0 Å². The van der Waals surface area contributed by atoms with Gasteiger partial charge < -0.3 is 25.6 Å². The number of aliphatic imine (C=N–C) groups is 1. The second-order valence-electron chi connectivity index (χ2n) is 9.64. The molecule has 8 heteroatoms. The number of aryl methyl sites for hydroxylation is 1. The lowest BCUT2D eigenvalue weighted by Crippen LogP contribution is -2.58. The number of ether oxygens (including phenoxy) is 1. The number of carbonyl (C=O) groups excluding carboxylic acids is 1. The van der Waals surface area contributed by atoms with Crippen molar-refractivity contribution in [3.63, 3.8) is 0 Å². The van der Waals surface area contributed by atoms with Gasteiger partial charge in [-0.1, -0.05) is 19.9 Å². The second-order valence-corrected chi connectivity index (χ2v) is 9.64. The third-order valence-corrected chi connectivity index (χ3v) is 5.99. The smallest absolute Gasteiger partial charge is 0.408 e. The molecule has 1 amide bonds. The van der Waals surface area contributed by atoms with Crippen molar-refractivity contribution in [3.8, 4) is 0 Å². The lowest BCUT2D eigenvalue weighted by atomic mass is 9.93. The fourth-order valence-electron chi connectivity index (χ4n) is 3.78. The van der Waals surface area contributed by atoms with Crippen LogP contribution in [0, 0.1) is 6.92 Å². The average Bonchev–Trinajstić information content (AvgIpc) is 2.75. The molecule has 1 saturated heterocycles. The largest absolute Gasteiger partial charge is 0.444 e. The Hall–Kier alpha value is -2.51. The Morgan fingerprint density at radius 1 is 1.22 bits per heavy atom. The highest BCUT2D eigenvalue weighted by molar-refractivity contribution is 5.80. The minimum atomic E-state index is -0.523. The van der Waals surface area contributed by atoms with Crippen LogP contribution in [0.4, 0.5) is 10.6 Å². The monoisotopic (exact) mass is 446 g/mol. The van der Waals surface area contributed by atoms with Gasteiger partial charge in [0.2, 0.25) is 0 Å². The molecular weight excluding hydrogens is 404 g/mol. The van der Waals surface area contributed by atoms with Crippen LogP contribution in [0.3, 0.4) is 0 Å². The SMILES string of the molecule is CCC(CC)(CNC(=NC)NC1CCN(c2ccc(C)cn2)CC1)NC(=O)OC(C)(C)C. The van der Waals surface area contributed by atoms with Crippen LogP contribution in [0.5, 0.6) is 0 Å². The number of hydrogen-bond acceptors (Lipinski definition) is 5. The molecule has 0 unspecified atom stereocenters. The summed E-state index contributed by atoms with van der Waals surface area (Å²) in [6.07, 6.45) is 5.13. The van der Waals surface area contributed by atoms with Gasteiger partial charge in [0, 0.05) is 38.9 Å². The van der Waals surface area contributed by atoms with Gasteiger partial charge in [0.1, 0.15) is 11.4 Å². The Kier molecular flexibility index (Phi) is 9.16. The minimum Gasteiger partial charge on any atom is -0.444 e. The van der Waals surface area contributed by atoms with E-state index in [-0.39, 0.29) is 6.09 Å². The van der Waals surface area contributed by atoms with E-state index >= 15 is 0 Å². The number of carbonyl (C=O) groups is 1. The van der Waals surface area contributed by atoms with Gasteiger partial charge >= 0.3 is 6.09 Å². The number of nitrogens with zero attached hydrogens (tertiary/aromatic N) is 3. The summed E-state index contributed by atoms with van der Waals surface area (Å²) in [7, 11) is 1.78. The van der Waals surface area contributed by atoms with Gasteiger partial charge in [-0.25, -0.2) is 9.78 Å². The number of anilines is 1. The lowest BCUT2D eigenvalue weighted by Gasteiger charge is -2.36. The molecule has 1 aliphatic heterocycles. The molecule has 2 rings (SSSR count). The quantitative estimate of drug-likeness (QED) is 0.438. The number of nitrogens with one attached hydrogen (secondary N) is 3.